The summed E-state index contributed by atoms with van der Waals surface area (Å²) in [6.45, 7) is 2.94. The van der Waals surface area contributed by atoms with E-state index >= 15 is 0 Å². The van der Waals surface area contributed by atoms with Crippen LogP contribution < -0.4 is 0 Å². The van der Waals surface area contributed by atoms with Crippen molar-refractivity contribution < 1.29 is 44.1 Å². The zero-order valence-corrected chi connectivity index (χ0v) is 15.8. The highest BCUT2D eigenvalue weighted by atomic mass is 16.6. The molecule has 1 fully saturated rings. The summed E-state index contributed by atoms with van der Waals surface area (Å²) in [5.74, 6) is 0. The Bertz CT molecular complexity index is 515. The lowest BCUT2D eigenvalue weighted by molar-refractivity contribution is -0.288. The number of aliphatic hydroxyl groups is 4. The minimum absolute atomic E-state index is 0.0411. The molecule has 9 nitrogen and oxygen atoms in total. The summed E-state index contributed by atoms with van der Waals surface area (Å²) in [6.07, 6.45) is -6.85. The molecule has 0 saturated carbocycles. The van der Waals surface area contributed by atoms with Gasteiger partial charge in [0.05, 0.1) is 52.9 Å². The van der Waals surface area contributed by atoms with Crippen molar-refractivity contribution in [1.82, 2.24) is 0 Å². The van der Waals surface area contributed by atoms with Crippen LogP contribution in [-0.4, -0.2) is 97.4 Å². The Balaban J connectivity index is 1.38. The fourth-order valence-corrected chi connectivity index (χ4v) is 2.59. The van der Waals surface area contributed by atoms with Gasteiger partial charge in [-0.05, 0) is 5.56 Å². The number of rotatable bonds is 13. The van der Waals surface area contributed by atoms with Crippen LogP contribution in [0.3, 0.4) is 0 Å². The van der Waals surface area contributed by atoms with Crippen LogP contribution in [0.5, 0.6) is 0 Å². The molecule has 1 aromatic rings. The van der Waals surface area contributed by atoms with Gasteiger partial charge in [-0.2, -0.15) is 0 Å². The Hall–Kier alpha value is -1.14. The monoisotopic (exact) mass is 402 g/mol. The number of hydrogen-bond acceptors (Lipinski definition) is 9. The highest BCUT2D eigenvalue weighted by molar-refractivity contribution is 5.13. The second kappa shape index (κ2) is 13.2. The minimum Gasteiger partial charge on any atom is -0.387 e. The largest absolute Gasteiger partial charge is 0.387 e. The van der Waals surface area contributed by atoms with Crippen molar-refractivity contribution in [1.29, 1.82) is 0 Å². The topological polar surface area (TPSA) is 127 Å². The fourth-order valence-electron chi connectivity index (χ4n) is 2.59. The van der Waals surface area contributed by atoms with Crippen LogP contribution >= 0.6 is 0 Å². The number of benzene rings is 1. The molecule has 9 heteroatoms. The summed E-state index contributed by atoms with van der Waals surface area (Å²) in [5.41, 5.74) is 1.12. The first-order valence-electron chi connectivity index (χ1n) is 9.32. The molecule has 5 atom stereocenters. The molecule has 0 amide bonds. The van der Waals surface area contributed by atoms with Crippen LogP contribution in [0.4, 0.5) is 0 Å². The zero-order valence-electron chi connectivity index (χ0n) is 15.8. The highest BCUT2D eigenvalue weighted by Crippen LogP contribution is 2.19. The Morgan fingerprint density at radius 1 is 0.679 bits per heavy atom. The minimum atomic E-state index is -1.56. The van der Waals surface area contributed by atoms with Crippen molar-refractivity contribution in [3.05, 3.63) is 35.9 Å². The fraction of sp³-hybridized carbons (Fsp3) is 0.684. The molecule has 160 valence electrons. The van der Waals surface area contributed by atoms with Gasteiger partial charge in [0.25, 0.3) is 0 Å². The van der Waals surface area contributed by atoms with Gasteiger partial charge >= 0.3 is 0 Å². The summed E-state index contributed by atoms with van der Waals surface area (Å²) in [4.78, 5) is 0. The van der Waals surface area contributed by atoms with E-state index in [1.54, 1.807) is 0 Å². The summed E-state index contributed by atoms with van der Waals surface area (Å²) in [6, 6.07) is 9.91. The molecule has 1 unspecified atom stereocenters. The second-order valence-corrected chi connectivity index (χ2v) is 6.37. The maximum Gasteiger partial charge on any atom is 0.184 e. The summed E-state index contributed by atoms with van der Waals surface area (Å²) in [7, 11) is 0. The highest BCUT2D eigenvalue weighted by Gasteiger charge is 2.42. The number of hydrogen-bond donors (Lipinski definition) is 4. The molecule has 1 aliphatic heterocycles. The van der Waals surface area contributed by atoms with Gasteiger partial charge in [0.2, 0.25) is 0 Å². The van der Waals surface area contributed by atoms with Crippen LogP contribution in [0.15, 0.2) is 30.3 Å². The predicted molar refractivity (Wildman–Crippen MR) is 97.5 cm³/mol. The van der Waals surface area contributed by atoms with Crippen molar-refractivity contribution in [2.24, 2.45) is 0 Å². The van der Waals surface area contributed by atoms with E-state index < -0.39 is 30.7 Å². The van der Waals surface area contributed by atoms with Gasteiger partial charge in [0.15, 0.2) is 6.29 Å². The molecule has 28 heavy (non-hydrogen) atoms. The average Bonchev–Trinajstić information content (AvgIpc) is 2.71. The van der Waals surface area contributed by atoms with E-state index in [-0.39, 0.29) is 13.2 Å². The summed E-state index contributed by atoms with van der Waals surface area (Å²) < 4.78 is 26.5. The smallest absolute Gasteiger partial charge is 0.184 e. The second-order valence-electron chi connectivity index (χ2n) is 6.37. The third-order valence-corrected chi connectivity index (χ3v) is 4.20. The van der Waals surface area contributed by atoms with Crippen LogP contribution in [0.25, 0.3) is 0 Å². The van der Waals surface area contributed by atoms with Gasteiger partial charge < -0.3 is 44.1 Å². The molecule has 0 radical (unpaired) electrons. The van der Waals surface area contributed by atoms with E-state index in [0.717, 1.165) is 5.56 Å². The molecule has 1 heterocycles. The first kappa shape index (κ1) is 23.1. The molecule has 1 saturated heterocycles. The van der Waals surface area contributed by atoms with Crippen molar-refractivity contribution in [3.8, 4) is 0 Å². The van der Waals surface area contributed by atoms with Crippen molar-refractivity contribution in [2.45, 2.75) is 37.3 Å². The summed E-state index contributed by atoms with van der Waals surface area (Å²) in [5, 5.41) is 38.2. The van der Waals surface area contributed by atoms with Crippen LogP contribution in [0, 0.1) is 0 Å². The third-order valence-electron chi connectivity index (χ3n) is 4.20. The SMILES string of the molecule is OC1O[C@H](COCCOCCOCCOCc2ccccc2)[C@@H](O)[C@H](O)[C@@H]1O. The zero-order chi connectivity index (χ0) is 20.2. The lowest BCUT2D eigenvalue weighted by Gasteiger charge is -2.38. The van der Waals surface area contributed by atoms with Gasteiger partial charge in [-0.25, -0.2) is 0 Å². The van der Waals surface area contributed by atoms with Crippen LogP contribution in [0.2, 0.25) is 0 Å². The first-order valence-corrected chi connectivity index (χ1v) is 9.32. The number of aliphatic hydroxyl groups excluding tert-OH is 4. The predicted octanol–water partition coefficient (Wildman–Crippen LogP) is -0.947. The lowest BCUT2D eigenvalue weighted by Crippen LogP contribution is -2.58. The van der Waals surface area contributed by atoms with Gasteiger partial charge in [-0.3, -0.25) is 0 Å². The molecule has 1 aliphatic rings. The molecular weight excluding hydrogens is 372 g/mol. The lowest BCUT2D eigenvalue weighted by atomic mass is 9.99. The standard InChI is InChI=1S/C19H30O9/c20-16-15(28-19(23)18(22)17(16)21)13-27-11-9-25-7-6-24-8-10-26-12-14-4-2-1-3-5-14/h1-5,15-23H,6-13H2/t15-,16-,17+,18+,19?/m1/s1. The van der Waals surface area contributed by atoms with Gasteiger partial charge in [0, 0.05) is 0 Å². The van der Waals surface area contributed by atoms with E-state index in [1.165, 1.54) is 0 Å². The molecule has 1 aromatic carbocycles. The maximum atomic E-state index is 9.77. The van der Waals surface area contributed by atoms with Crippen LogP contribution in [-0.2, 0) is 30.3 Å². The summed E-state index contributed by atoms with van der Waals surface area (Å²) >= 11 is 0. The average molecular weight is 402 g/mol. The molecule has 2 rings (SSSR count). The Kier molecular flexibility index (Phi) is 10.9. The van der Waals surface area contributed by atoms with E-state index in [4.69, 9.17) is 23.7 Å². The van der Waals surface area contributed by atoms with E-state index in [2.05, 4.69) is 0 Å². The molecule has 0 aromatic heterocycles. The molecule has 0 aliphatic carbocycles. The van der Waals surface area contributed by atoms with E-state index in [1.807, 2.05) is 30.3 Å². The Morgan fingerprint density at radius 3 is 1.89 bits per heavy atom. The van der Waals surface area contributed by atoms with Gasteiger partial charge in [0.1, 0.15) is 24.4 Å². The van der Waals surface area contributed by atoms with E-state index in [0.29, 0.717) is 39.6 Å². The maximum absolute atomic E-state index is 9.77. The van der Waals surface area contributed by atoms with Gasteiger partial charge in [-0.15, -0.1) is 0 Å². The molecule has 4 N–H and O–H groups in total. The van der Waals surface area contributed by atoms with Gasteiger partial charge in [-0.1, -0.05) is 30.3 Å². The normalized spacial score (nSPS) is 27.8. The van der Waals surface area contributed by atoms with Crippen molar-refractivity contribution in [3.63, 3.8) is 0 Å². The molecule has 0 bridgehead atoms. The Morgan fingerprint density at radius 2 is 1.25 bits per heavy atom. The van der Waals surface area contributed by atoms with Crippen LogP contribution in [0.1, 0.15) is 5.56 Å². The third kappa shape index (κ3) is 8.08. The Labute approximate surface area is 164 Å². The first-order chi connectivity index (χ1) is 13.6. The molecular formula is C19H30O9. The van der Waals surface area contributed by atoms with E-state index in [9.17, 15) is 20.4 Å². The molecule has 0 spiro atoms. The van der Waals surface area contributed by atoms with Crippen molar-refractivity contribution >= 4 is 0 Å². The quantitative estimate of drug-likeness (QED) is 0.309. The number of ether oxygens (including phenoxy) is 5. The van der Waals surface area contributed by atoms with Crippen molar-refractivity contribution in [2.75, 3.05) is 46.2 Å².